The lowest BCUT2D eigenvalue weighted by atomic mass is 9.68. The molecule has 3 aromatic rings. The second-order valence-electron chi connectivity index (χ2n) is 7.58. The lowest BCUT2D eigenvalue weighted by molar-refractivity contribution is -0.149. The summed E-state index contributed by atoms with van der Waals surface area (Å²) in [5, 5.41) is 3.26. The standard InChI is InChI=1S/C22H20N4O4/c1-2-30-20(28)16-11-22(13-8-4-6-10-15(13)25-21(22)29)17(23)18-24-14-9-5-3-7-12(14)19(27)26(16)18/h3-10,16-17H,2,11,23H2,1H3,(H,25,29)/t16-,17+,22-/m1/s1. The van der Waals surface area contributed by atoms with Crippen molar-refractivity contribution in [1.29, 1.82) is 0 Å². The van der Waals surface area contributed by atoms with Gasteiger partial charge >= 0.3 is 5.97 Å². The van der Waals surface area contributed by atoms with Gasteiger partial charge in [0, 0.05) is 5.69 Å². The Morgan fingerprint density at radius 1 is 1.23 bits per heavy atom. The van der Waals surface area contributed by atoms with Crippen molar-refractivity contribution in [1.82, 2.24) is 9.55 Å². The number of carbonyl (C=O) groups is 2. The molecule has 2 aliphatic heterocycles. The highest BCUT2D eigenvalue weighted by molar-refractivity contribution is 6.07. The Morgan fingerprint density at radius 2 is 1.97 bits per heavy atom. The van der Waals surface area contributed by atoms with E-state index in [1.165, 1.54) is 4.57 Å². The van der Waals surface area contributed by atoms with Crippen LogP contribution in [0.25, 0.3) is 10.9 Å². The molecule has 2 aliphatic rings. The second kappa shape index (κ2) is 6.50. The average Bonchev–Trinajstić information content (AvgIpc) is 3.03. The molecule has 3 atom stereocenters. The van der Waals surface area contributed by atoms with Gasteiger partial charge in [-0.25, -0.2) is 9.78 Å². The number of rotatable bonds is 2. The van der Waals surface area contributed by atoms with Crippen molar-refractivity contribution < 1.29 is 14.3 Å². The number of hydrogen-bond acceptors (Lipinski definition) is 6. The molecule has 3 N–H and O–H groups in total. The summed E-state index contributed by atoms with van der Waals surface area (Å²) in [5.74, 6) is -0.685. The summed E-state index contributed by atoms with van der Waals surface area (Å²) in [6.45, 7) is 1.85. The van der Waals surface area contributed by atoms with Gasteiger partial charge in [-0.15, -0.1) is 0 Å². The minimum Gasteiger partial charge on any atom is -0.464 e. The Hall–Kier alpha value is -3.52. The summed E-state index contributed by atoms with van der Waals surface area (Å²) in [7, 11) is 0. The van der Waals surface area contributed by atoms with Gasteiger partial charge in [-0.1, -0.05) is 30.3 Å². The fraction of sp³-hybridized carbons (Fsp3) is 0.273. The van der Waals surface area contributed by atoms with Gasteiger partial charge in [-0.3, -0.25) is 14.2 Å². The predicted molar refractivity (Wildman–Crippen MR) is 110 cm³/mol. The van der Waals surface area contributed by atoms with Crippen LogP contribution in [0.5, 0.6) is 0 Å². The predicted octanol–water partition coefficient (Wildman–Crippen LogP) is 1.79. The highest BCUT2D eigenvalue weighted by Gasteiger charge is 2.58. The molecule has 0 saturated heterocycles. The first-order valence-corrected chi connectivity index (χ1v) is 9.83. The Labute approximate surface area is 171 Å². The number of fused-ring (bicyclic) bond motifs is 4. The topological polar surface area (TPSA) is 116 Å². The van der Waals surface area contributed by atoms with Crippen molar-refractivity contribution in [2.75, 3.05) is 11.9 Å². The molecule has 8 nitrogen and oxygen atoms in total. The van der Waals surface area contributed by atoms with Gasteiger partial charge < -0.3 is 15.8 Å². The highest BCUT2D eigenvalue weighted by atomic mass is 16.5. The quantitative estimate of drug-likeness (QED) is 0.629. The van der Waals surface area contributed by atoms with E-state index in [4.69, 9.17) is 10.5 Å². The normalized spacial score (nSPS) is 24.4. The number of carbonyl (C=O) groups excluding carboxylic acids is 2. The number of amides is 1. The van der Waals surface area contributed by atoms with Gasteiger partial charge in [0.1, 0.15) is 17.3 Å². The SMILES string of the molecule is CCOC(=O)[C@H]1C[C@]2(C(=O)Nc3ccccc32)[C@@H](N)c2nc3ccccc3c(=O)n21. The van der Waals surface area contributed by atoms with E-state index in [2.05, 4.69) is 10.3 Å². The van der Waals surface area contributed by atoms with E-state index in [1.807, 2.05) is 18.2 Å². The molecule has 30 heavy (non-hydrogen) atoms. The van der Waals surface area contributed by atoms with E-state index in [1.54, 1.807) is 37.3 Å². The van der Waals surface area contributed by atoms with E-state index in [-0.39, 0.29) is 30.3 Å². The van der Waals surface area contributed by atoms with Gasteiger partial charge in [0.25, 0.3) is 5.56 Å². The number of para-hydroxylation sites is 2. The molecule has 0 bridgehead atoms. The number of ether oxygens (including phenoxy) is 1. The molecule has 1 amide bonds. The summed E-state index contributed by atoms with van der Waals surface area (Å²) in [6.07, 6.45) is 0.0166. The molecule has 0 saturated carbocycles. The molecule has 0 unspecified atom stereocenters. The molecule has 0 radical (unpaired) electrons. The van der Waals surface area contributed by atoms with Crippen molar-refractivity contribution in [2.45, 2.75) is 30.8 Å². The zero-order valence-electron chi connectivity index (χ0n) is 16.3. The first-order chi connectivity index (χ1) is 14.5. The zero-order valence-corrected chi connectivity index (χ0v) is 16.3. The molecule has 8 heteroatoms. The first kappa shape index (κ1) is 18.5. The molecule has 152 valence electrons. The highest BCUT2D eigenvalue weighted by Crippen LogP contribution is 2.52. The first-order valence-electron chi connectivity index (χ1n) is 9.83. The molecular formula is C22H20N4O4. The van der Waals surface area contributed by atoms with E-state index >= 15 is 0 Å². The number of nitrogens with one attached hydrogen (secondary N) is 1. The van der Waals surface area contributed by atoms with Crippen molar-refractivity contribution >= 4 is 28.5 Å². The van der Waals surface area contributed by atoms with Gasteiger partial charge in [0.2, 0.25) is 5.91 Å². The number of benzene rings is 2. The van der Waals surface area contributed by atoms with E-state index in [9.17, 15) is 14.4 Å². The van der Waals surface area contributed by atoms with Crippen LogP contribution in [0.2, 0.25) is 0 Å². The third-order valence-corrected chi connectivity index (χ3v) is 6.09. The maximum Gasteiger partial charge on any atom is 0.329 e. The van der Waals surface area contributed by atoms with Gasteiger partial charge in [0.15, 0.2) is 0 Å². The summed E-state index contributed by atoms with van der Waals surface area (Å²) >= 11 is 0. The van der Waals surface area contributed by atoms with E-state index in [0.29, 0.717) is 22.2 Å². The Morgan fingerprint density at radius 3 is 2.77 bits per heavy atom. The number of nitrogens with two attached hydrogens (primary N) is 1. The van der Waals surface area contributed by atoms with Crippen LogP contribution in [0.3, 0.4) is 0 Å². The molecular weight excluding hydrogens is 384 g/mol. The number of anilines is 1. The van der Waals surface area contributed by atoms with Gasteiger partial charge in [0.05, 0.1) is 23.6 Å². The molecule has 1 spiro atoms. The third kappa shape index (κ3) is 2.31. The Bertz CT molecular complexity index is 1270. The number of nitrogens with zero attached hydrogens (tertiary/aromatic N) is 2. The number of esters is 1. The van der Waals surface area contributed by atoms with E-state index in [0.717, 1.165) is 0 Å². The smallest absolute Gasteiger partial charge is 0.329 e. The molecule has 5 rings (SSSR count). The fourth-order valence-corrected chi connectivity index (χ4v) is 4.70. The summed E-state index contributed by atoms with van der Waals surface area (Å²) < 4.78 is 6.58. The number of hydrogen-bond donors (Lipinski definition) is 2. The van der Waals surface area contributed by atoms with Crippen molar-refractivity contribution in [2.24, 2.45) is 5.73 Å². The molecule has 3 heterocycles. The van der Waals surface area contributed by atoms with Crippen LogP contribution in [-0.2, 0) is 19.7 Å². The molecule has 0 aliphatic carbocycles. The Balaban J connectivity index is 1.82. The zero-order chi connectivity index (χ0) is 21.0. The van der Waals surface area contributed by atoms with Crippen molar-refractivity contribution in [3.8, 4) is 0 Å². The molecule has 1 aromatic heterocycles. The maximum absolute atomic E-state index is 13.3. The van der Waals surface area contributed by atoms with Crippen LogP contribution in [0, 0.1) is 0 Å². The van der Waals surface area contributed by atoms with Gasteiger partial charge in [-0.05, 0) is 37.1 Å². The van der Waals surface area contributed by atoms with Gasteiger partial charge in [-0.2, -0.15) is 0 Å². The summed E-state index contributed by atoms with van der Waals surface area (Å²) in [5.41, 5.74) is 6.87. The monoisotopic (exact) mass is 404 g/mol. The Kier molecular flexibility index (Phi) is 4.01. The summed E-state index contributed by atoms with van der Waals surface area (Å²) in [6, 6.07) is 12.2. The van der Waals surface area contributed by atoms with Crippen LogP contribution < -0.4 is 16.6 Å². The average molecular weight is 404 g/mol. The second-order valence-corrected chi connectivity index (χ2v) is 7.58. The van der Waals surface area contributed by atoms with Crippen LogP contribution >= 0.6 is 0 Å². The van der Waals surface area contributed by atoms with E-state index < -0.39 is 23.5 Å². The minimum atomic E-state index is -1.23. The van der Waals surface area contributed by atoms with Crippen molar-refractivity contribution in [3.05, 3.63) is 70.3 Å². The van der Waals surface area contributed by atoms with Crippen LogP contribution in [0.1, 0.15) is 36.8 Å². The fourth-order valence-electron chi connectivity index (χ4n) is 4.70. The van der Waals surface area contributed by atoms with Crippen LogP contribution in [0.15, 0.2) is 53.3 Å². The summed E-state index contributed by atoms with van der Waals surface area (Å²) in [4.78, 5) is 44.1. The largest absolute Gasteiger partial charge is 0.464 e. The molecule has 0 fully saturated rings. The lowest BCUT2D eigenvalue weighted by Crippen LogP contribution is -2.54. The van der Waals surface area contributed by atoms with Crippen molar-refractivity contribution in [3.63, 3.8) is 0 Å². The molecule has 2 aromatic carbocycles. The third-order valence-electron chi connectivity index (χ3n) is 6.09. The lowest BCUT2D eigenvalue weighted by Gasteiger charge is -2.41. The van der Waals surface area contributed by atoms with Crippen LogP contribution in [-0.4, -0.2) is 28.0 Å². The number of aromatic nitrogens is 2. The van der Waals surface area contributed by atoms with Crippen LogP contribution in [0.4, 0.5) is 5.69 Å². The minimum absolute atomic E-state index is 0.0166. The maximum atomic E-state index is 13.3.